The predicted molar refractivity (Wildman–Crippen MR) is 77.7 cm³/mol. The highest BCUT2D eigenvalue weighted by Gasteiger charge is 2.10. The van der Waals surface area contributed by atoms with E-state index < -0.39 is 0 Å². The van der Waals surface area contributed by atoms with E-state index in [1.54, 1.807) is 6.08 Å². The number of carbonyl (C=O) groups excluding carboxylic acids is 1. The molecule has 19 heavy (non-hydrogen) atoms. The smallest absolute Gasteiger partial charge is 0.330 e. The second kappa shape index (κ2) is 6.93. The zero-order valence-corrected chi connectivity index (χ0v) is 11.4. The van der Waals surface area contributed by atoms with Gasteiger partial charge in [0.2, 0.25) is 0 Å². The molecular formula is C17H20O2. The van der Waals surface area contributed by atoms with Gasteiger partial charge in [-0.05, 0) is 49.3 Å². The van der Waals surface area contributed by atoms with E-state index in [-0.39, 0.29) is 5.97 Å². The van der Waals surface area contributed by atoms with Crippen LogP contribution in [0.25, 0.3) is 5.57 Å². The number of esters is 1. The SMILES string of the molecule is CCOC(=O)C=CC=C1CCCCc2ccccc21. The minimum atomic E-state index is -0.277. The topological polar surface area (TPSA) is 26.3 Å². The van der Waals surface area contributed by atoms with Crippen molar-refractivity contribution in [2.45, 2.75) is 32.6 Å². The Kier molecular flexibility index (Phi) is 4.96. The summed E-state index contributed by atoms with van der Waals surface area (Å²) in [5.41, 5.74) is 4.05. The van der Waals surface area contributed by atoms with Crippen molar-refractivity contribution >= 4 is 11.5 Å². The number of fused-ring (bicyclic) bond motifs is 1. The van der Waals surface area contributed by atoms with E-state index in [1.165, 1.54) is 35.6 Å². The van der Waals surface area contributed by atoms with Crippen LogP contribution in [-0.4, -0.2) is 12.6 Å². The van der Waals surface area contributed by atoms with Crippen molar-refractivity contribution in [1.82, 2.24) is 0 Å². The molecule has 2 nitrogen and oxygen atoms in total. The van der Waals surface area contributed by atoms with Gasteiger partial charge >= 0.3 is 5.97 Å². The Balaban J connectivity index is 2.17. The molecule has 0 atom stereocenters. The number of hydrogen-bond donors (Lipinski definition) is 0. The molecule has 0 saturated carbocycles. The average molecular weight is 256 g/mol. The van der Waals surface area contributed by atoms with Crippen molar-refractivity contribution in [3.05, 3.63) is 53.6 Å². The van der Waals surface area contributed by atoms with E-state index in [1.807, 2.05) is 13.0 Å². The first-order chi connectivity index (χ1) is 9.31. The van der Waals surface area contributed by atoms with Crippen LogP contribution in [0.5, 0.6) is 0 Å². The van der Waals surface area contributed by atoms with Crippen molar-refractivity contribution in [3.8, 4) is 0 Å². The lowest BCUT2D eigenvalue weighted by atomic mass is 9.98. The maximum atomic E-state index is 11.3. The molecule has 1 aliphatic rings. The quantitative estimate of drug-likeness (QED) is 0.465. The third kappa shape index (κ3) is 3.82. The molecule has 0 fully saturated rings. The normalized spacial score (nSPS) is 17.2. The maximum Gasteiger partial charge on any atom is 0.330 e. The van der Waals surface area contributed by atoms with Gasteiger partial charge in [-0.25, -0.2) is 4.79 Å². The van der Waals surface area contributed by atoms with Gasteiger partial charge in [-0.2, -0.15) is 0 Å². The highest BCUT2D eigenvalue weighted by molar-refractivity contribution is 5.83. The Morgan fingerprint density at radius 3 is 2.89 bits per heavy atom. The molecule has 0 saturated heterocycles. The van der Waals surface area contributed by atoms with E-state index in [9.17, 15) is 4.79 Å². The van der Waals surface area contributed by atoms with Crippen molar-refractivity contribution in [2.24, 2.45) is 0 Å². The van der Waals surface area contributed by atoms with Crippen LogP contribution in [0.1, 0.15) is 37.3 Å². The Labute approximate surface area is 114 Å². The molecule has 0 bridgehead atoms. The van der Waals surface area contributed by atoms with Crippen LogP contribution in [0, 0.1) is 0 Å². The minimum Gasteiger partial charge on any atom is -0.463 e. The van der Waals surface area contributed by atoms with Gasteiger partial charge in [0, 0.05) is 6.08 Å². The number of benzene rings is 1. The number of rotatable bonds is 3. The monoisotopic (exact) mass is 256 g/mol. The second-order valence-electron chi connectivity index (χ2n) is 4.67. The molecule has 1 aliphatic carbocycles. The number of aryl methyl sites for hydroxylation is 1. The van der Waals surface area contributed by atoms with Gasteiger partial charge in [0.05, 0.1) is 6.61 Å². The van der Waals surface area contributed by atoms with Crippen molar-refractivity contribution in [1.29, 1.82) is 0 Å². The number of hydrogen-bond acceptors (Lipinski definition) is 2. The van der Waals surface area contributed by atoms with Gasteiger partial charge < -0.3 is 4.74 Å². The number of ether oxygens (including phenoxy) is 1. The second-order valence-corrected chi connectivity index (χ2v) is 4.67. The van der Waals surface area contributed by atoms with Gasteiger partial charge in [-0.1, -0.05) is 36.4 Å². The highest BCUT2D eigenvalue weighted by Crippen LogP contribution is 2.29. The first-order valence-electron chi connectivity index (χ1n) is 6.93. The molecule has 2 rings (SSSR count). The fourth-order valence-electron chi connectivity index (χ4n) is 2.42. The summed E-state index contributed by atoms with van der Waals surface area (Å²) in [6.45, 7) is 2.23. The van der Waals surface area contributed by atoms with E-state index in [0.29, 0.717) is 6.61 Å². The third-order valence-electron chi connectivity index (χ3n) is 3.32. The van der Waals surface area contributed by atoms with E-state index >= 15 is 0 Å². The molecule has 2 heteroatoms. The number of carbonyl (C=O) groups is 1. The van der Waals surface area contributed by atoms with Gasteiger partial charge in [0.1, 0.15) is 0 Å². The van der Waals surface area contributed by atoms with Gasteiger partial charge in [0.15, 0.2) is 0 Å². The van der Waals surface area contributed by atoms with E-state index in [0.717, 1.165) is 12.8 Å². The zero-order chi connectivity index (χ0) is 13.5. The summed E-state index contributed by atoms with van der Waals surface area (Å²) in [6, 6.07) is 8.54. The molecule has 100 valence electrons. The first-order valence-corrected chi connectivity index (χ1v) is 6.93. The molecule has 0 amide bonds. The van der Waals surface area contributed by atoms with E-state index in [2.05, 4.69) is 24.3 Å². The van der Waals surface area contributed by atoms with Crippen molar-refractivity contribution in [3.63, 3.8) is 0 Å². The Bertz CT molecular complexity index is 498. The minimum absolute atomic E-state index is 0.277. The maximum absolute atomic E-state index is 11.3. The molecule has 0 aliphatic heterocycles. The van der Waals surface area contributed by atoms with Crippen molar-refractivity contribution < 1.29 is 9.53 Å². The van der Waals surface area contributed by atoms with Crippen LogP contribution < -0.4 is 0 Å². The Morgan fingerprint density at radius 1 is 1.26 bits per heavy atom. The molecule has 0 spiro atoms. The lowest BCUT2D eigenvalue weighted by Gasteiger charge is -2.07. The van der Waals surface area contributed by atoms with Gasteiger partial charge in [-0.3, -0.25) is 0 Å². The first kappa shape index (κ1) is 13.6. The molecule has 0 aromatic heterocycles. The van der Waals surface area contributed by atoms with E-state index in [4.69, 9.17) is 4.74 Å². The third-order valence-corrected chi connectivity index (χ3v) is 3.32. The van der Waals surface area contributed by atoms with Crippen LogP contribution in [0.2, 0.25) is 0 Å². The summed E-state index contributed by atoms with van der Waals surface area (Å²) >= 11 is 0. The summed E-state index contributed by atoms with van der Waals surface area (Å²) in [5.74, 6) is -0.277. The van der Waals surface area contributed by atoms with Crippen LogP contribution in [0.15, 0.2) is 42.5 Å². The average Bonchev–Trinajstić information content (AvgIpc) is 2.62. The summed E-state index contributed by atoms with van der Waals surface area (Å²) in [5, 5.41) is 0. The number of allylic oxidation sites excluding steroid dienone is 3. The molecular weight excluding hydrogens is 236 g/mol. The fraction of sp³-hybridized carbons (Fsp3) is 0.353. The van der Waals surface area contributed by atoms with Crippen LogP contribution >= 0.6 is 0 Å². The largest absolute Gasteiger partial charge is 0.463 e. The molecule has 0 unspecified atom stereocenters. The molecule has 0 N–H and O–H groups in total. The lowest BCUT2D eigenvalue weighted by Crippen LogP contribution is -1.98. The summed E-state index contributed by atoms with van der Waals surface area (Å²) in [7, 11) is 0. The molecule has 0 heterocycles. The molecule has 1 aromatic rings. The summed E-state index contributed by atoms with van der Waals surface area (Å²) in [4.78, 5) is 11.3. The standard InChI is InChI=1S/C17H20O2/c1-2-19-17(18)13-7-11-15-9-4-3-8-14-10-5-6-12-16(14)15/h5-7,10-13H,2-4,8-9H2,1H3. The molecule has 0 radical (unpaired) electrons. The van der Waals surface area contributed by atoms with Crippen LogP contribution in [0.4, 0.5) is 0 Å². The lowest BCUT2D eigenvalue weighted by molar-refractivity contribution is -0.137. The van der Waals surface area contributed by atoms with Crippen LogP contribution in [0.3, 0.4) is 0 Å². The fourth-order valence-corrected chi connectivity index (χ4v) is 2.42. The predicted octanol–water partition coefficient (Wildman–Crippen LogP) is 3.92. The Morgan fingerprint density at radius 2 is 2.05 bits per heavy atom. The highest BCUT2D eigenvalue weighted by atomic mass is 16.5. The van der Waals surface area contributed by atoms with Crippen molar-refractivity contribution in [2.75, 3.05) is 6.61 Å². The Hall–Kier alpha value is -1.83. The van der Waals surface area contributed by atoms with Crippen LogP contribution in [-0.2, 0) is 16.0 Å². The summed E-state index contributed by atoms with van der Waals surface area (Å²) < 4.78 is 4.87. The van der Waals surface area contributed by atoms with Gasteiger partial charge in [0.25, 0.3) is 0 Å². The molecule has 1 aromatic carbocycles. The van der Waals surface area contributed by atoms with Gasteiger partial charge in [-0.15, -0.1) is 0 Å². The summed E-state index contributed by atoms with van der Waals surface area (Å²) in [6.07, 6.45) is 9.99. The zero-order valence-electron chi connectivity index (χ0n) is 11.4.